The molecule has 0 fully saturated rings. The number of hydrogen-bond acceptors (Lipinski definition) is 4. The van der Waals surface area contributed by atoms with Crippen LogP contribution in [0.25, 0.3) is 71.8 Å². The number of benzene rings is 4. The van der Waals surface area contributed by atoms with Crippen molar-refractivity contribution in [2.75, 3.05) is 0 Å². The van der Waals surface area contributed by atoms with Gasteiger partial charge in [-0.05, 0) is 41.0 Å². The molecule has 0 bridgehead atoms. The van der Waals surface area contributed by atoms with Crippen molar-refractivity contribution in [3.8, 4) is 34.0 Å². The van der Waals surface area contributed by atoms with Crippen molar-refractivity contribution in [1.29, 1.82) is 0 Å². The first-order valence-corrected chi connectivity index (χ1v) is 13.4. The molecular weight excluding hydrogens is 701 g/mol. The van der Waals surface area contributed by atoms with Crippen LogP contribution < -0.4 is 4.74 Å². The van der Waals surface area contributed by atoms with Crippen LogP contribution in [0.4, 0.5) is 0 Å². The average molecular weight is 721 g/mol. The van der Waals surface area contributed by atoms with Gasteiger partial charge >= 0.3 is 21.1 Å². The molecule has 0 N–H and O–H groups in total. The Morgan fingerprint density at radius 2 is 1.33 bits per heavy atom. The maximum absolute atomic E-state index is 6.69. The molecule has 0 amide bonds. The smallest absolute Gasteiger partial charge is 0.498 e. The summed E-state index contributed by atoms with van der Waals surface area (Å²) >= 11 is 0. The Labute approximate surface area is 254 Å². The van der Waals surface area contributed by atoms with E-state index in [0.29, 0.717) is 11.5 Å². The van der Waals surface area contributed by atoms with E-state index in [1.54, 1.807) is 12.4 Å². The Balaban J connectivity index is 0.00000267. The number of para-hydroxylation sites is 2. The van der Waals surface area contributed by atoms with Gasteiger partial charge in [0.25, 0.3) is 0 Å². The summed E-state index contributed by atoms with van der Waals surface area (Å²) in [5.74, 6) is 1.13. The van der Waals surface area contributed by atoms with Crippen LogP contribution in [0, 0.1) is 12.1 Å². The minimum Gasteiger partial charge on any atom is -0.498 e. The minimum absolute atomic E-state index is 0. The van der Waals surface area contributed by atoms with E-state index in [2.05, 4.69) is 69.0 Å². The largest absolute Gasteiger partial charge is 2.00 e. The fourth-order valence-electron chi connectivity index (χ4n) is 5.98. The number of rotatable bonds is 4. The molecular formula is C36H19N3O2Pt. The Kier molecular flexibility index (Phi) is 5.63. The molecule has 0 saturated carbocycles. The number of ether oxygens (including phenoxy) is 1. The van der Waals surface area contributed by atoms with Gasteiger partial charge in [-0.1, -0.05) is 78.4 Å². The van der Waals surface area contributed by atoms with Crippen LogP contribution in [0.5, 0.6) is 11.5 Å². The first kappa shape index (κ1) is 24.8. The molecule has 5 aromatic heterocycles. The van der Waals surface area contributed by atoms with E-state index >= 15 is 0 Å². The zero-order valence-electron chi connectivity index (χ0n) is 21.9. The Bertz CT molecular complexity index is 2400. The minimum atomic E-state index is 0. The summed E-state index contributed by atoms with van der Waals surface area (Å²) in [6.45, 7) is 0. The van der Waals surface area contributed by atoms with E-state index in [4.69, 9.17) is 9.15 Å². The predicted molar refractivity (Wildman–Crippen MR) is 162 cm³/mol. The van der Waals surface area contributed by atoms with Crippen molar-refractivity contribution in [3.63, 3.8) is 0 Å². The topological polar surface area (TPSA) is 52.6 Å². The number of furan rings is 1. The Morgan fingerprint density at radius 3 is 2.17 bits per heavy atom. The summed E-state index contributed by atoms with van der Waals surface area (Å²) in [7, 11) is 0. The van der Waals surface area contributed by atoms with Gasteiger partial charge < -0.3 is 23.5 Å². The van der Waals surface area contributed by atoms with Crippen LogP contribution in [0.15, 0.2) is 120 Å². The van der Waals surface area contributed by atoms with E-state index < -0.39 is 0 Å². The van der Waals surface area contributed by atoms with Gasteiger partial charge in [-0.3, -0.25) is 0 Å². The van der Waals surface area contributed by atoms with Gasteiger partial charge in [-0.25, -0.2) is 0 Å². The Hall–Kier alpha value is -4.99. The van der Waals surface area contributed by atoms with Crippen molar-refractivity contribution >= 4 is 49.3 Å². The second-order valence-corrected chi connectivity index (χ2v) is 10.0. The fraction of sp³-hybridized carbons (Fsp3) is 0. The van der Waals surface area contributed by atoms with E-state index in [-0.39, 0.29) is 21.1 Å². The molecule has 5 nitrogen and oxygen atoms in total. The average Bonchev–Trinajstić information content (AvgIpc) is 3.68. The van der Waals surface area contributed by atoms with Crippen LogP contribution >= 0.6 is 0 Å². The van der Waals surface area contributed by atoms with Crippen molar-refractivity contribution in [1.82, 2.24) is 14.4 Å². The quantitative estimate of drug-likeness (QED) is 0.170. The van der Waals surface area contributed by atoms with Crippen LogP contribution in [-0.2, 0) is 21.1 Å². The zero-order valence-corrected chi connectivity index (χ0v) is 24.2. The summed E-state index contributed by atoms with van der Waals surface area (Å²) in [6, 6.07) is 41.2. The van der Waals surface area contributed by atoms with Gasteiger partial charge in [-0.2, -0.15) is 0 Å². The SMILES string of the molecule is [Pt+2].[c-]1c(Oc2[c-]c(-c3ccccn3)c3oc4c5cccc6c7ccccc7n(c65)c4c3c2)cccc1-c1ccccn1. The molecule has 0 spiro atoms. The van der Waals surface area contributed by atoms with Crippen LogP contribution in [0.1, 0.15) is 0 Å². The van der Waals surface area contributed by atoms with Gasteiger partial charge in [0.2, 0.25) is 0 Å². The maximum atomic E-state index is 6.69. The molecule has 0 aliphatic rings. The standard InChI is InChI=1S/C36H19N3O2.Pt/c1-2-16-32-25(11-1)26-12-8-13-27-33(26)39(32)34-29-21-24(20-28(35(29)41-36(27)34)31-15-4-6-18-38-31)40-23-10-7-9-22(19-23)30-14-3-5-17-37-30;/h1-18,21H;/q-2;+2. The zero-order chi connectivity index (χ0) is 26.9. The van der Waals surface area contributed by atoms with Crippen molar-refractivity contribution < 1.29 is 30.2 Å². The molecule has 4 aromatic carbocycles. The number of aromatic nitrogens is 3. The monoisotopic (exact) mass is 720 g/mol. The molecule has 0 atom stereocenters. The molecule has 0 unspecified atom stereocenters. The molecule has 200 valence electrons. The summed E-state index contributed by atoms with van der Waals surface area (Å²) < 4.78 is 15.5. The second-order valence-electron chi connectivity index (χ2n) is 10.0. The molecule has 0 aliphatic heterocycles. The van der Waals surface area contributed by atoms with Crippen LogP contribution in [0.2, 0.25) is 0 Å². The first-order chi connectivity index (χ1) is 20.3. The van der Waals surface area contributed by atoms with E-state index in [1.807, 2.05) is 60.7 Å². The second kappa shape index (κ2) is 9.54. The molecule has 6 heteroatoms. The van der Waals surface area contributed by atoms with E-state index in [1.165, 1.54) is 10.8 Å². The maximum Gasteiger partial charge on any atom is 2.00 e. The first-order valence-electron chi connectivity index (χ1n) is 13.4. The third-order valence-electron chi connectivity index (χ3n) is 7.68. The number of fused-ring (bicyclic) bond motifs is 8. The normalized spacial score (nSPS) is 11.6. The Morgan fingerprint density at radius 1 is 0.595 bits per heavy atom. The van der Waals surface area contributed by atoms with Crippen molar-refractivity contribution in [2.24, 2.45) is 0 Å². The fourth-order valence-corrected chi connectivity index (χ4v) is 5.98. The molecule has 9 rings (SSSR count). The number of hydrogen-bond donors (Lipinski definition) is 0. The third-order valence-corrected chi connectivity index (χ3v) is 7.68. The van der Waals surface area contributed by atoms with Gasteiger partial charge in [-0.15, -0.1) is 23.8 Å². The summed E-state index contributed by atoms with van der Waals surface area (Å²) in [5, 5.41) is 4.45. The van der Waals surface area contributed by atoms with Crippen LogP contribution in [0.3, 0.4) is 0 Å². The summed E-state index contributed by atoms with van der Waals surface area (Å²) in [5.41, 5.74) is 8.09. The number of nitrogens with zero attached hydrogens (tertiary/aromatic N) is 3. The van der Waals surface area contributed by atoms with Gasteiger partial charge in [0.1, 0.15) is 5.58 Å². The van der Waals surface area contributed by atoms with Crippen LogP contribution in [-0.4, -0.2) is 14.4 Å². The molecule has 42 heavy (non-hydrogen) atoms. The van der Waals surface area contributed by atoms with Gasteiger partial charge in [0.15, 0.2) is 0 Å². The molecule has 5 heterocycles. The molecule has 9 aromatic rings. The van der Waals surface area contributed by atoms with Gasteiger partial charge in [0, 0.05) is 40.1 Å². The molecule has 0 saturated heterocycles. The van der Waals surface area contributed by atoms with Gasteiger partial charge in [0.05, 0.1) is 22.1 Å². The number of pyridine rings is 2. The van der Waals surface area contributed by atoms with Crippen molar-refractivity contribution in [2.45, 2.75) is 0 Å². The van der Waals surface area contributed by atoms with E-state index in [0.717, 1.165) is 61.0 Å². The molecule has 0 radical (unpaired) electrons. The third kappa shape index (κ3) is 3.60. The van der Waals surface area contributed by atoms with E-state index in [9.17, 15) is 0 Å². The van der Waals surface area contributed by atoms with Crippen molar-refractivity contribution in [3.05, 3.63) is 128 Å². The predicted octanol–water partition coefficient (Wildman–Crippen LogP) is 9.10. The summed E-state index contributed by atoms with van der Waals surface area (Å²) in [4.78, 5) is 9.10. The summed E-state index contributed by atoms with van der Waals surface area (Å²) in [6.07, 6.45) is 3.55. The molecule has 0 aliphatic carbocycles.